The van der Waals surface area contributed by atoms with Crippen LogP contribution in [0.25, 0.3) is 22.0 Å². The third-order valence-corrected chi connectivity index (χ3v) is 8.13. The van der Waals surface area contributed by atoms with Crippen LogP contribution >= 0.6 is 0 Å². The van der Waals surface area contributed by atoms with E-state index in [2.05, 4.69) is 19.7 Å². The second-order valence-electron chi connectivity index (χ2n) is 9.57. The number of halogens is 2. The molecule has 11 nitrogen and oxygen atoms in total. The molecule has 1 amide bonds. The minimum absolute atomic E-state index is 0.0408. The lowest BCUT2D eigenvalue weighted by Gasteiger charge is -2.35. The number of allylic oxidation sites excluding steroid dienone is 1. The van der Waals surface area contributed by atoms with E-state index in [0.717, 1.165) is 24.3 Å². The van der Waals surface area contributed by atoms with E-state index < -0.39 is 21.7 Å². The first-order chi connectivity index (χ1) is 21.0. The number of aromatic nitrogens is 3. The van der Waals surface area contributed by atoms with Crippen LogP contribution in [0.2, 0.25) is 0 Å². The van der Waals surface area contributed by atoms with Crippen LogP contribution in [0.4, 0.5) is 20.3 Å². The third-order valence-electron chi connectivity index (χ3n) is 6.75. The van der Waals surface area contributed by atoms with Gasteiger partial charge in [0.25, 0.3) is 10.0 Å². The molecule has 0 radical (unpaired) electrons. The lowest BCUT2D eigenvalue weighted by Crippen LogP contribution is -2.48. The first-order valence-electron chi connectivity index (χ1n) is 13.5. The lowest BCUT2D eigenvalue weighted by molar-refractivity contribution is -0.126. The van der Waals surface area contributed by atoms with Gasteiger partial charge in [-0.05, 0) is 55.5 Å². The number of rotatable bonds is 8. The molecule has 5 rings (SSSR count). The number of fused-ring (bicyclic) bond motifs is 1. The summed E-state index contributed by atoms with van der Waals surface area (Å²) in [6.07, 6.45) is 3.41. The minimum atomic E-state index is -4.18. The first-order valence-corrected chi connectivity index (χ1v) is 14.5. The van der Waals surface area contributed by atoms with Crippen molar-refractivity contribution in [3.05, 3.63) is 78.8 Å². The van der Waals surface area contributed by atoms with Crippen molar-refractivity contribution < 1.29 is 32.9 Å². The molecule has 0 atom stereocenters. The van der Waals surface area contributed by atoms with Crippen LogP contribution < -0.4 is 14.4 Å². The molecule has 43 heavy (non-hydrogen) atoms. The van der Waals surface area contributed by atoms with E-state index in [0.29, 0.717) is 0 Å². The Morgan fingerprint density at radius 3 is 2.42 bits per heavy atom. The van der Waals surface area contributed by atoms with E-state index in [1.54, 1.807) is 9.80 Å². The number of sulfonamides is 1. The number of amides is 1. The van der Waals surface area contributed by atoms with Crippen LogP contribution in [-0.2, 0) is 19.6 Å². The number of piperazine rings is 1. The Morgan fingerprint density at radius 1 is 1.02 bits per heavy atom. The Balaban J connectivity index is 1.49. The molecule has 1 N–H and O–H groups in total. The summed E-state index contributed by atoms with van der Waals surface area (Å²) in [5.74, 6) is -1.80. The largest absolute Gasteiger partial charge is 0.480 e. The van der Waals surface area contributed by atoms with E-state index in [-0.39, 0.29) is 88.5 Å². The number of anilines is 2. The van der Waals surface area contributed by atoms with Gasteiger partial charge in [-0.25, -0.2) is 32.2 Å². The van der Waals surface area contributed by atoms with E-state index >= 15 is 4.39 Å². The number of hydrogen-bond donors (Lipinski definition) is 1. The van der Waals surface area contributed by atoms with Crippen LogP contribution in [0, 0.1) is 11.6 Å². The van der Waals surface area contributed by atoms with Gasteiger partial charge in [-0.15, -0.1) is 0 Å². The Morgan fingerprint density at radius 2 is 1.74 bits per heavy atom. The van der Waals surface area contributed by atoms with E-state index in [9.17, 15) is 22.4 Å². The fourth-order valence-corrected chi connectivity index (χ4v) is 5.64. The van der Waals surface area contributed by atoms with Crippen molar-refractivity contribution in [1.29, 1.82) is 0 Å². The summed E-state index contributed by atoms with van der Waals surface area (Å²) in [5, 5.41) is 0.0408. The van der Waals surface area contributed by atoms with Crippen molar-refractivity contribution in [3.8, 4) is 17.0 Å². The standard InChI is InChI=1S/C29H26F2N6O5S/c1-18(38)3-10-25(39)36-11-13-37(14-12-36)28-26-23(33-17-34-28)9-8-22(27(26)31)19-15-24(29(42-2)32-16-19)35-43(40,41)21-6-4-20(30)5-7-21/h3-10,15-17,35H,11-14H2,1-2H3/b10-3+/i17D. The van der Waals surface area contributed by atoms with Gasteiger partial charge < -0.3 is 14.5 Å². The van der Waals surface area contributed by atoms with Gasteiger partial charge >= 0.3 is 0 Å². The van der Waals surface area contributed by atoms with E-state index in [1.807, 2.05) is 0 Å². The monoisotopic (exact) mass is 609 g/mol. The Kier molecular flexibility index (Phi) is 7.92. The SMILES string of the molecule is [2H]c1nc(N2CCN(C(=O)/C=C/C(C)=O)CC2)c2c(F)c(-c3cnc(OC)c(NS(=O)(=O)c4ccc(F)cc4)c3)ccc2n1. The molecular weight excluding hydrogens is 582 g/mol. The molecule has 0 aliphatic carbocycles. The average Bonchev–Trinajstić information content (AvgIpc) is 2.99. The minimum Gasteiger partial charge on any atom is -0.480 e. The fraction of sp³-hybridized carbons (Fsp3) is 0.207. The number of hydrogen-bond acceptors (Lipinski definition) is 9. The number of benzene rings is 2. The van der Waals surface area contributed by atoms with Crippen LogP contribution in [0.5, 0.6) is 5.88 Å². The highest BCUT2D eigenvalue weighted by atomic mass is 32.2. The summed E-state index contributed by atoms with van der Waals surface area (Å²) in [6, 6.07) is 8.54. The molecule has 14 heteroatoms. The molecule has 3 heterocycles. The Labute approximate surface area is 247 Å². The summed E-state index contributed by atoms with van der Waals surface area (Å²) >= 11 is 0. The Hall–Kier alpha value is -4.98. The van der Waals surface area contributed by atoms with Gasteiger partial charge in [0.1, 0.15) is 30.8 Å². The number of nitrogens with one attached hydrogen (secondary N) is 1. The molecule has 0 bridgehead atoms. The highest BCUT2D eigenvalue weighted by Crippen LogP contribution is 2.36. The topological polar surface area (TPSA) is 135 Å². The zero-order chi connectivity index (χ0) is 31.6. The number of carbonyl (C=O) groups excluding carboxylic acids is 2. The quantitative estimate of drug-likeness (QED) is 0.298. The van der Waals surface area contributed by atoms with Crippen LogP contribution in [0.3, 0.4) is 0 Å². The second-order valence-corrected chi connectivity index (χ2v) is 11.2. The van der Waals surface area contributed by atoms with Crippen LogP contribution in [0.15, 0.2) is 72.0 Å². The number of methoxy groups -OCH3 is 1. The molecule has 4 aromatic rings. The van der Waals surface area contributed by atoms with Gasteiger partial charge in [0.05, 0.1) is 22.9 Å². The molecule has 1 fully saturated rings. The summed E-state index contributed by atoms with van der Waals surface area (Å²) in [6.45, 7) is 2.48. The van der Waals surface area contributed by atoms with E-state index in [4.69, 9.17) is 6.11 Å². The smallest absolute Gasteiger partial charge is 0.262 e. The van der Waals surface area contributed by atoms with Gasteiger partial charge in [-0.3, -0.25) is 14.3 Å². The van der Waals surface area contributed by atoms with Gasteiger partial charge in [0.15, 0.2) is 5.78 Å². The molecule has 1 aliphatic rings. The Bertz CT molecular complexity index is 1900. The molecule has 1 saturated heterocycles. The summed E-state index contributed by atoms with van der Waals surface area (Å²) in [4.78, 5) is 39.1. The summed E-state index contributed by atoms with van der Waals surface area (Å²) < 4.78 is 71.3. The van der Waals surface area contributed by atoms with Gasteiger partial charge in [-0.1, -0.05) is 0 Å². The average molecular weight is 610 g/mol. The molecule has 2 aromatic carbocycles. The number of ether oxygens (including phenoxy) is 1. The van der Waals surface area contributed by atoms with Crippen molar-refractivity contribution >= 4 is 44.1 Å². The van der Waals surface area contributed by atoms with Gasteiger partial charge in [0.2, 0.25) is 11.8 Å². The van der Waals surface area contributed by atoms with Crippen LogP contribution in [0.1, 0.15) is 8.29 Å². The molecule has 2 aromatic heterocycles. The summed E-state index contributed by atoms with van der Waals surface area (Å²) in [7, 11) is -2.88. The number of carbonyl (C=O) groups is 2. The number of ketones is 1. The van der Waals surface area contributed by atoms with E-state index in [1.165, 1.54) is 50.6 Å². The maximum absolute atomic E-state index is 16.3. The first kappa shape index (κ1) is 28.2. The maximum atomic E-state index is 16.3. The zero-order valence-corrected chi connectivity index (χ0v) is 23.9. The summed E-state index contributed by atoms with van der Waals surface area (Å²) in [5.41, 5.74) is 0.366. The van der Waals surface area contributed by atoms with Gasteiger partial charge in [0, 0.05) is 49.6 Å². The van der Waals surface area contributed by atoms with Gasteiger partial charge in [-0.2, -0.15) is 0 Å². The highest BCUT2D eigenvalue weighted by molar-refractivity contribution is 7.92. The maximum Gasteiger partial charge on any atom is 0.262 e. The fourth-order valence-electron chi connectivity index (χ4n) is 4.59. The second kappa shape index (κ2) is 12.1. The predicted octanol–water partition coefficient (Wildman–Crippen LogP) is 3.57. The van der Waals surface area contributed by atoms with Crippen molar-refractivity contribution in [2.45, 2.75) is 11.8 Å². The molecule has 0 spiro atoms. The molecule has 1 aliphatic heterocycles. The molecular formula is C29H26F2N6O5S. The third kappa shape index (κ3) is 6.28. The van der Waals surface area contributed by atoms with Crippen molar-refractivity contribution in [3.63, 3.8) is 0 Å². The number of nitrogens with zero attached hydrogens (tertiary/aromatic N) is 5. The van der Waals surface area contributed by atoms with Crippen molar-refractivity contribution in [2.24, 2.45) is 0 Å². The number of pyridine rings is 1. The zero-order valence-electron chi connectivity index (χ0n) is 24.0. The molecule has 222 valence electrons. The highest BCUT2D eigenvalue weighted by Gasteiger charge is 2.25. The molecule has 0 saturated carbocycles. The van der Waals surface area contributed by atoms with Crippen molar-refractivity contribution in [1.82, 2.24) is 19.9 Å². The van der Waals surface area contributed by atoms with Crippen LogP contribution in [-0.4, -0.2) is 73.2 Å². The normalized spacial score (nSPS) is 14.2. The molecule has 0 unspecified atom stereocenters. The van der Waals surface area contributed by atoms with Crippen molar-refractivity contribution in [2.75, 3.05) is 42.9 Å². The lowest BCUT2D eigenvalue weighted by atomic mass is 10.0. The predicted molar refractivity (Wildman–Crippen MR) is 155 cm³/mol.